The molecule has 1 N–H and O–H groups in total. The smallest absolute Gasteiger partial charge is 0.247 e. The van der Waals surface area contributed by atoms with E-state index in [1.54, 1.807) is 6.07 Å². The molecule has 0 radical (unpaired) electrons. The third kappa shape index (κ3) is 3.35. The van der Waals surface area contributed by atoms with E-state index in [1.807, 2.05) is 30.3 Å². The molecule has 0 saturated carbocycles. The Balaban J connectivity index is 1.79. The third-order valence-electron chi connectivity index (χ3n) is 3.92. The molecule has 1 atom stereocenters. The van der Waals surface area contributed by atoms with E-state index in [2.05, 4.69) is 27.4 Å². The van der Waals surface area contributed by atoms with E-state index in [4.69, 9.17) is 4.74 Å². The van der Waals surface area contributed by atoms with Crippen molar-refractivity contribution in [1.29, 1.82) is 0 Å². The van der Waals surface area contributed by atoms with Crippen molar-refractivity contribution in [1.82, 2.24) is 15.2 Å². The van der Waals surface area contributed by atoms with Gasteiger partial charge in [-0.2, -0.15) is 4.98 Å². The minimum absolute atomic E-state index is 0.314. The van der Waals surface area contributed by atoms with E-state index in [9.17, 15) is 4.39 Å². The van der Waals surface area contributed by atoms with Crippen LogP contribution in [0, 0.1) is 5.82 Å². The molecule has 0 unspecified atom stereocenters. The van der Waals surface area contributed by atoms with Crippen LogP contribution in [0.1, 0.15) is 25.1 Å². The van der Waals surface area contributed by atoms with Crippen LogP contribution in [-0.2, 0) is 0 Å². The molecule has 0 fully saturated rings. The normalized spacial score (nSPS) is 15.2. The van der Waals surface area contributed by atoms with Crippen molar-refractivity contribution in [3.8, 4) is 17.1 Å². The minimum atomic E-state index is -0.575. The van der Waals surface area contributed by atoms with Crippen LogP contribution in [0.5, 0.6) is 5.88 Å². The van der Waals surface area contributed by atoms with Gasteiger partial charge >= 0.3 is 0 Å². The summed E-state index contributed by atoms with van der Waals surface area (Å²) in [7, 11) is 0. The number of hydrogen-bond donors (Lipinski definition) is 1. The van der Waals surface area contributed by atoms with Gasteiger partial charge in [-0.15, -0.1) is 10.2 Å². The topological polar surface area (TPSA) is 59.9 Å². The highest BCUT2D eigenvalue weighted by Gasteiger charge is 2.26. The summed E-state index contributed by atoms with van der Waals surface area (Å²) in [6.07, 6.45) is 0.441. The first-order valence-corrected chi connectivity index (χ1v) is 9.38. The molecule has 2 aromatic carbocycles. The minimum Gasteiger partial charge on any atom is -0.448 e. The lowest BCUT2D eigenvalue weighted by Gasteiger charge is -2.19. The molecule has 1 aromatic heterocycles. The van der Waals surface area contributed by atoms with Crippen LogP contribution in [0.2, 0.25) is 0 Å². The van der Waals surface area contributed by atoms with Gasteiger partial charge in [-0.05, 0) is 24.6 Å². The number of ether oxygens (including phenoxy) is 1. The number of hydrogen-bond acceptors (Lipinski definition) is 6. The first-order chi connectivity index (χ1) is 12.7. The molecule has 0 spiro atoms. The van der Waals surface area contributed by atoms with E-state index < -0.39 is 6.23 Å². The van der Waals surface area contributed by atoms with Gasteiger partial charge in [-0.25, -0.2) is 4.39 Å². The number of nitrogens with zero attached hydrogens (tertiary/aromatic N) is 3. The molecule has 132 valence electrons. The molecule has 5 nitrogen and oxygen atoms in total. The second-order valence-corrected chi connectivity index (χ2v) is 6.90. The zero-order valence-corrected chi connectivity index (χ0v) is 15.0. The van der Waals surface area contributed by atoms with Gasteiger partial charge in [0, 0.05) is 22.6 Å². The Bertz CT molecular complexity index is 937. The highest BCUT2D eigenvalue weighted by atomic mass is 32.2. The zero-order chi connectivity index (χ0) is 17.9. The molecule has 1 aliphatic rings. The van der Waals surface area contributed by atoms with Gasteiger partial charge in [-0.1, -0.05) is 49.0 Å². The van der Waals surface area contributed by atoms with E-state index in [1.165, 1.54) is 23.9 Å². The standard InChI is InChI=1S/C19H17FN4OS/c1-2-10-26-19-22-18-16(23-24-19)14-8-3-4-9-15(14)21-17(25-18)12-6-5-7-13(20)11-12/h3-9,11,17,21H,2,10H2,1H3/t17-/m1/s1. The largest absolute Gasteiger partial charge is 0.448 e. The molecule has 0 saturated heterocycles. The second kappa shape index (κ2) is 7.29. The van der Waals surface area contributed by atoms with E-state index >= 15 is 0 Å². The monoisotopic (exact) mass is 368 g/mol. The average Bonchev–Trinajstić information content (AvgIpc) is 2.83. The van der Waals surface area contributed by atoms with Gasteiger partial charge in [0.05, 0.1) is 0 Å². The van der Waals surface area contributed by atoms with Gasteiger partial charge in [0.25, 0.3) is 0 Å². The number of aromatic nitrogens is 3. The maximum atomic E-state index is 13.7. The summed E-state index contributed by atoms with van der Waals surface area (Å²) in [4.78, 5) is 4.54. The molecule has 26 heavy (non-hydrogen) atoms. The predicted molar refractivity (Wildman–Crippen MR) is 99.7 cm³/mol. The fraction of sp³-hybridized carbons (Fsp3) is 0.211. The first kappa shape index (κ1) is 16.8. The zero-order valence-electron chi connectivity index (χ0n) is 14.1. The summed E-state index contributed by atoms with van der Waals surface area (Å²) >= 11 is 1.54. The molecule has 0 amide bonds. The average molecular weight is 368 g/mol. The first-order valence-electron chi connectivity index (χ1n) is 8.40. The Morgan fingerprint density at radius 3 is 2.88 bits per heavy atom. The van der Waals surface area contributed by atoms with Gasteiger partial charge in [0.15, 0.2) is 11.9 Å². The molecule has 0 bridgehead atoms. The summed E-state index contributed by atoms with van der Waals surface area (Å²) in [6.45, 7) is 2.10. The number of benzene rings is 2. The van der Waals surface area contributed by atoms with E-state index in [-0.39, 0.29) is 5.82 Å². The van der Waals surface area contributed by atoms with E-state index in [0.717, 1.165) is 23.4 Å². The molecule has 0 aliphatic carbocycles. The number of anilines is 1. The molecule has 4 rings (SSSR count). The maximum Gasteiger partial charge on any atom is 0.247 e. The number of fused-ring (bicyclic) bond motifs is 3. The summed E-state index contributed by atoms with van der Waals surface area (Å²) in [6, 6.07) is 14.1. The van der Waals surface area contributed by atoms with Crippen LogP contribution < -0.4 is 10.1 Å². The fourth-order valence-corrected chi connectivity index (χ4v) is 3.36. The van der Waals surface area contributed by atoms with Crippen molar-refractivity contribution < 1.29 is 9.13 Å². The van der Waals surface area contributed by atoms with Crippen LogP contribution in [0.25, 0.3) is 11.3 Å². The number of nitrogens with one attached hydrogen (secondary N) is 1. The molecule has 1 aliphatic heterocycles. The predicted octanol–water partition coefficient (Wildman–Crippen LogP) is 4.68. The Hall–Kier alpha value is -2.67. The summed E-state index contributed by atoms with van der Waals surface area (Å²) in [5, 5.41) is 12.4. The van der Waals surface area contributed by atoms with Crippen molar-refractivity contribution in [3.63, 3.8) is 0 Å². The number of thioether (sulfide) groups is 1. The Morgan fingerprint density at radius 2 is 2.04 bits per heavy atom. The summed E-state index contributed by atoms with van der Waals surface area (Å²) in [5.41, 5.74) is 2.95. The highest BCUT2D eigenvalue weighted by molar-refractivity contribution is 7.99. The molecule has 3 aromatic rings. The van der Waals surface area contributed by atoms with Crippen molar-refractivity contribution in [2.45, 2.75) is 24.7 Å². The Labute approximate surface area is 155 Å². The number of halogens is 1. The van der Waals surface area contributed by atoms with Crippen LogP contribution in [0.15, 0.2) is 53.7 Å². The third-order valence-corrected chi connectivity index (χ3v) is 4.96. The van der Waals surface area contributed by atoms with Crippen LogP contribution in [-0.4, -0.2) is 20.9 Å². The van der Waals surface area contributed by atoms with Gasteiger partial charge in [0.2, 0.25) is 11.0 Å². The van der Waals surface area contributed by atoms with E-state index in [0.29, 0.717) is 22.3 Å². The van der Waals surface area contributed by atoms with Crippen molar-refractivity contribution in [3.05, 3.63) is 59.9 Å². The second-order valence-electron chi connectivity index (χ2n) is 5.84. The van der Waals surface area contributed by atoms with Crippen LogP contribution in [0.4, 0.5) is 10.1 Å². The highest BCUT2D eigenvalue weighted by Crippen LogP contribution is 2.39. The summed E-state index contributed by atoms with van der Waals surface area (Å²) in [5.74, 6) is 0.985. The molecular weight excluding hydrogens is 351 g/mol. The van der Waals surface area contributed by atoms with Crippen molar-refractivity contribution >= 4 is 17.4 Å². The van der Waals surface area contributed by atoms with Crippen LogP contribution >= 0.6 is 11.8 Å². The lowest BCUT2D eigenvalue weighted by Crippen LogP contribution is -2.17. The van der Waals surface area contributed by atoms with Crippen molar-refractivity contribution in [2.75, 3.05) is 11.1 Å². The SMILES string of the molecule is CCCSc1nnc2c(n1)O[C@H](c1cccc(F)c1)Nc1ccccc1-2. The summed E-state index contributed by atoms with van der Waals surface area (Å²) < 4.78 is 19.8. The maximum absolute atomic E-state index is 13.7. The molecular formula is C19H17FN4OS. The lowest BCUT2D eigenvalue weighted by molar-refractivity contribution is 0.225. The Kier molecular flexibility index (Phi) is 4.71. The van der Waals surface area contributed by atoms with Gasteiger partial charge < -0.3 is 10.1 Å². The van der Waals surface area contributed by atoms with Crippen molar-refractivity contribution in [2.24, 2.45) is 0 Å². The molecule has 2 heterocycles. The van der Waals surface area contributed by atoms with Gasteiger partial charge in [0.1, 0.15) is 5.82 Å². The van der Waals surface area contributed by atoms with Crippen LogP contribution in [0.3, 0.4) is 0 Å². The fourth-order valence-electron chi connectivity index (χ4n) is 2.72. The quantitative estimate of drug-likeness (QED) is 0.675. The number of rotatable bonds is 4. The molecule has 7 heteroatoms. The lowest BCUT2D eigenvalue weighted by atomic mass is 10.1. The number of para-hydroxylation sites is 1. The Morgan fingerprint density at radius 1 is 1.15 bits per heavy atom. The van der Waals surface area contributed by atoms with Gasteiger partial charge in [-0.3, -0.25) is 0 Å².